The molecule has 0 aliphatic carbocycles. The van der Waals surface area contributed by atoms with Crippen LogP contribution in [0.15, 0.2) is 0 Å². The molecule has 3 fully saturated rings. The standard InChI is InChI=1S/H3N3O2P2/c4-6-1-7(5,2-6)3-6/h(H3,1,2,3,4,5). The minimum Gasteiger partial charge on any atom is -0.270 e. The lowest BCUT2D eigenvalue weighted by Crippen LogP contribution is -2.57. The fraction of sp³-hybridized carbons (Fsp3) is 0. The van der Waals surface area contributed by atoms with Gasteiger partial charge in [0.2, 0.25) is 0 Å². The lowest BCUT2D eigenvalue weighted by Gasteiger charge is -2.49. The summed E-state index contributed by atoms with van der Waals surface area (Å²) in [7, 11) is -4.80. The van der Waals surface area contributed by atoms with Crippen molar-refractivity contribution in [3.8, 4) is 0 Å². The van der Waals surface area contributed by atoms with Gasteiger partial charge < -0.3 is 0 Å². The van der Waals surface area contributed by atoms with Crippen molar-refractivity contribution in [1.29, 1.82) is 0 Å². The molecule has 3 heterocycles. The van der Waals surface area contributed by atoms with Gasteiger partial charge in [-0.3, -0.25) is 9.13 Å². The number of hydrogen-bond donors (Lipinski definition) is 3. The zero-order chi connectivity index (χ0) is 5.12. The van der Waals surface area contributed by atoms with Gasteiger partial charge in [-0.05, 0) is 0 Å². The second-order valence-electron chi connectivity index (χ2n) is 1.52. The summed E-state index contributed by atoms with van der Waals surface area (Å²) in [6, 6.07) is 0. The van der Waals surface area contributed by atoms with Crippen molar-refractivity contribution in [3.63, 3.8) is 0 Å². The third-order valence-electron chi connectivity index (χ3n) is 0.845. The Balaban J connectivity index is 2.47. The second kappa shape index (κ2) is 0.768. The Morgan fingerprint density at radius 1 is 0.857 bits per heavy atom. The van der Waals surface area contributed by atoms with Crippen LogP contribution >= 0.6 is 15.2 Å². The van der Waals surface area contributed by atoms with E-state index in [1.807, 2.05) is 0 Å². The Bertz CT molecular complexity index is 154. The van der Waals surface area contributed by atoms with Crippen LogP contribution in [0.2, 0.25) is 0 Å². The highest BCUT2D eigenvalue weighted by atomic mass is 31.4. The van der Waals surface area contributed by atoms with Crippen LogP contribution in [0.4, 0.5) is 0 Å². The molecule has 40 valence electrons. The summed E-state index contributed by atoms with van der Waals surface area (Å²) < 4.78 is 20.9. The molecule has 7 heteroatoms. The summed E-state index contributed by atoms with van der Waals surface area (Å²) in [6.45, 7) is 0. The van der Waals surface area contributed by atoms with E-state index in [0.717, 1.165) is 0 Å². The van der Waals surface area contributed by atoms with Crippen molar-refractivity contribution in [2.45, 2.75) is 0 Å². The molecule has 0 aromatic rings. The van der Waals surface area contributed by atoms with Crippen LogP contribution in [0.5, 0.6) is 0 Å². The molecule has 0 radical (unpaired) electrons. The van der Waals surface area contributed by atoms with Crippen LogP contribution in [-0.2, 0) is 9.13 Å². The van der Waals surface area contributed by atoms with Gasteiger partial charge in [0.25, 0.3) is 0 Å². The number of nitrogens with one attached hydrogen (secondary N) is 3. The summed E-state index contributed by atoms with van der Waals surface area (Å²) in [4.78, 5) is 7.04. The molecule has 2 bridgehead atoms. The molecule has 3 N–H and O–H groups in total. The van der Waals surface area contributed by atoms with E-state index in [0.29, 0.717) is 0 Å². The summed E-state index contributed by atoms with van der Waals surface area (Å²) >= 11 is 0. The molecule has 3 saturated heterocycles. The third-order valence-corrected chi connectivity index (χ3v) is 7.60. The largest absolute Gasteiger partial charge is 0.302 e. The Kier molecular flexibility index (Phi) is 0.466. The van der Waals surface area contributed by atoms with Gasteiger partial charge in [-0.15, -0.1) is 0 Å². The Morgan fingerprint density at radius 2 is 1.14 bits per heavy atom. The number of rotatable bonds is 0. The third kappa shape index (κ3) is 0.355. The predicted molar refractivity (Wildman–Crippen MR) is 24.6 cm³/mol. The van der Waals surface area contributed by atoms with Crippen LogP contribution in [-0.4, -0.2) is 0 Å². The van der Waals surface area contributed by atoms with Crippen LogP contribution in [0.25, 0.3) is 0 Å². The van der Waals surface area contributed by atoms with Gasteiger partial charge in [0.1, 0.15) is 0 Å². The maximum absolute atomic E-state index is 10.4. The average Bonchev–Trinajstić information content (AvgIpc) is 1.27. The molecule has 0 saturated carbocycles. The summed E-state index contributed by atoms with van der Waals surface area (Å²) in [5.41, 5.74) is 0. The molecule has 0 spiro atoms. The van der Waals surface area contributed by atoms with Gasteiger partial charge in [-0.25, -0.2) is 0 Å². The zero-order valence-electron chi connectivity index (χ0n) is 3.21. The first-order chi connectivity index (χ1) is 3.12. The molecule has 0 aromatic heterocycles. The van der Waals surface area contributed by atoms with Crippen LogP contribution in [0.3, 0.4) is 0 Å². The summed E-state index contributed by atoms with van der Waals surface area (Å²) in [6.07, 6.45) is 0. The van der Waals surface area contributed by atoms with Gasteiger partial charge >= 0.3 is 15.2 Å². The van der Waals surface area contributed by atoms with E-state index in [1.54, 1.807) is 0 Å². The number of hydrogen-bond acceptors (Lipinski definition) is 2. The highest BCUT2D eigenvalue weighted by Crippen LogP contribution is 2.76. The smallest absolute Gasteiger partial charge is 0.270 e. The van der Waals surface area contributed by atoms with E-state index < -0.39 is 15.2 Å². The Hall–Kier alpha value is 0.340. The lowest BCUT2D eigenvalue weighted by molar-refractivity contribution is 0.511. The highest BCUT2D eigenvalue weighted by Gasteiger charge is 2.63. The molecule has 5 nitrogen and oxygen atoms in total. The fourth-order valence-electron chi connectivity index (χ4n) is 0.595. The molecule has 0 amide bonds. The summed E-state index contributed by atoms with van der Waals surface area (Å²) in [5, 5.41) is 0. The van der Waals surface area contributed by atoms with E-state index in [4.69, 9.17) is 0 Å². The predicted octanol–water partition coefficient (Wildman–Crippen LogP) is -0.00140. The SMILES string of the molecule is O=P12NP(=O)(N1)N2. The monoisotopic (exact) mass is 139 g/mol. The average molecular weight is 139 g/mol. The van der Waals surface area contributed by atoms with Crippen molar-refractivity contribution in [1.82, 2.24) is 14.6 Å². The lowest BCUT2D eigenvalue weighted by atomic mass is 13.7. The van der Waals surface area contributed by atoms with E-state index in [2.05, 4.69) is 14.6 Å². The Morgan fingerprint density at radius 3 is 1.14 bits per heavy atom. The first-order valence-electron chi connectivity index (χ1n) is 1.71. The maximum atomic E-state index is 10.4. The molecular formula is H3N3O2P2. The minimum absolute atomic E-state index is 2.35. The molecule has 0 unspecified atom stereocenters. The topological polar surface area (TPSA) is 70.2 Å². The molecule has 3 rings (SSSR count). The van der Waals surface area contributed by atoms with Gasteiger partial charge in [0.15, 0.2) is 0 Å². The van der Waals surface area contributed by atoms with E-state index in [-0.39, 0.29) is 0 Å². The van der Waals surface area contributed by atoms with Crippen molar-refractivity contribution in [2.24, 2.45) is 0 Å². The van der Waals surface area contributed by atoms with Crippen molar-refractivity contribution in [3.05, 3.63) is 0 Å². The normalized spacial score (nSPS) is 65.7. The molecule has 3 aliphatic heterocycles. The molecule has 3 aliphatic rings. The first-order valence-corrected chi connectivity index (χ1v) is 5.12. The molecule has 7 heavy (non-hydrogen) atoms. The van der Waals surface area contributed by atoms with Crippen LogP contribution in [0.1, 0.15) is 0 Å². The maximum Gasteiger partial charge on any atom is 0.302 e. The van der Waals surface area contributed by atoms with Crippen molar-refractivity contribution in [2.75, 3.05) is 0 Å². The van der Waals surface area contributed by atoms with Crippen LogP contribution in [0, 0.1) is 0 Å². The van der Waals surface area contributed by atoms with Gasteiger partial charge in [0.05, 0.1) is 0 Å². The van der Waals surface area contributed by atoms with Gasteiger partial charge in [-0.1, -0.05) is 0 Å². The minimum atomic E-state index is -2.40. The van der Waals surface area contributed by atoms with Gasteiger partial charge in [-0.2, -0.15) is 14.6 Å². The van der Waals surface area contributed by atoms with E-state index in [1.165, 1.54) is 0 Å². The highest BCUT2D eigenvalue weighted by molar-refractivity contribution is 8.02. The molecule has 0 atom stereocenters. The zero-order valence-corrected chi connectivity index (χ0v) is 5.00. The second-order valence-corrected chi connectivity index (χ2v) is 6.36. The van der Waals surface area contributed by atoms with E-state index >= 15 is 0 Å². The van der Waals surface area contributed by atoms with Crippen molar-refractivity contribution >= 4 is 15.2 Å². The molecule has 0 aromatic carbocycles. The fourth-order valence-corrected chi connectivity index (χ4v) is 5.35. The van der Waals surface area contributed by atoms with Gasteiger partial charge in [0, 0.05) is 0 Å². The van der Waals surface area contributed by atoms with Crippen molar-refractivity contribution < 1.29 is 9.13 Å². The summed E-state index contributed by atoms with van der Waals surface area (Å²) in [5.74, 6) is 0. The van der Waals surface area contributed by atoms with E-state index in [9.17, 15) is 9.13 Å². The quantitative estimate of drug-likeness (QED) is 0.412. The first kappa shape index (κ1) is 4.24. The van der Waals surface area contributed by atoms with Crippen LogP contribution < -0.4 is 14.6 Å². The molecular weight excluding hydrogens is 136 g/mol. The Labute approximate surface area is 39.9 Å².